The highest BCUT2D eigenvalue weighted by molar-refractivity contribution is 7.84. The lowest BCUT2D eigenvalue weighted by Gasteiger charge is -2.17. The number of carbonyl (C=O) groups excluding carboxylic acids is 2. The largest absolute Gasteiger partial charge is 0.359 e. The maximum absolute atomic E-state index is 12.8. The van der Waals surface area contributed by atoms with Crippen molar-refractivity contribution < 1.29 is 13.8 Å². The quantitative estimate of drug-likeness (QED) is 0.378. The number of fused-ring (bicyclic) bond motifs is 1. The number of hydrogen-bond acceptors (Lipinski definition) is 5. The average molecular weight is 519 g/mol. The van der Waals surface area contributed by atoms with Gasteiger partial charge in [0.05, 0.1) is 22.1 Å². The molecule has 1 saturated heterocycles. The summed E-state index contributed by atoms with van der Waals surface area (Å²) in [6.45, 7) is 4.36. The first-order valence-corrected chi connectivity index (χ1v) is 13.7. The molecule has 0 bridgehead atoms. The molecule has 3 aromatic rings. The van der Waals surface area contributed by atoms with Crippen molar-refractivity contribution >= 4 is 40.3 Å². The number of nitrogens with one attached hydrogen (secondary N) is 2. The van der Waals surface area contributed by atoms with E-state index >= 15 is 0 Å². The highest BCUT2D eigenvalue weighted by Crippen LogP contribution is 2.35. The molecule has 2 aliphatic rings. The fourth-order valence-electron chi connectivity index (χ4n) is 4.59. The lowest BCUT2D eigenvalue weighted by molar-refractivity contribution is -0.110. The monoisotopic (exact) mass is 518 g/mol. The summed E-state index contributed by atoms with van der Waals surface area (Å²) >= 11 is 0. The number of H-pyrrole nitrogens is 1. The number of likely N-dealkylation sites (N-methyl/N-ethyl adjacent to an activating group) is 2. The summed E-state index contributed by atoms with van der Waals surface area (Å²) in [5.74, 6) is 0.163. The zero-order valence-electron chi connectivity index (χ0n) is 21.8. The first-order valence-electron chi connectivity index (χ1n) is 12.3. The SMILES string of the molecule is CN1CCC(N(C)C)C1.Cc1cc(C=O)c(/C=C2\C(=O)Nc3ccc(S(=O)Cc4ccccc4)cc32)[nH]1. The Balaban J connectivity index is 0.000000301. The summed E-state index contributed by atoms with van der Waals surface area (Å²) in [6, 6.07) is 17.5. The van der Waals surface area contributed by atoms with Crippen molar-refractivity contribution in [3.05, 3.63) is 82.7 Å². The Morgan fingerprint density at radius 1 is 1.14 bits per heavy atom. The topological polar surface area (TPSA) is 85.5 Å². The van der Waals surface area contributed by atoms with Gasteiger partial charge in [-0.1, -0.05) is 30.3 Å². The Hall–Kier alpha value is -3.33. The standard InChI is InChI=1S/C22H18N2O3S.C7H16N2/c1-14-9-16(12-25)21(23-14)11-19-18-10-17(7-8-20(18)24-22(19)26)28(27)13-15-5-3-2-4-6-15;1-8(2)7-4-5-9(3)6-7/h2-12,23H,13H2,1H3,(H,24,26);7H,4-6H2,1-3H3/b19-11-;. The number of aryl methyl sites for hydroxylation is 1. The van der Waals surface area contributed by atoms with Crippen LogP contribution in [0.5, 0.6) is 0 Å². The number of aromatic amines is 1. The number of aromatic nitrogens is 1. The number of nitrogens with zero attached hydrogens (tertiary/aromatic N) is 2. The van der Waals surface area contributed by atoms with E-state index in [9.17, 15) is 13.8 Å². The summed E-state index contributed by atoms with van der Waals surface area (Å²) in [5.41, 5.74) is 4.71. The van der Waals surface area contributed by atoms with Crippen LogP contribution in [0.25, 0.3) is 11.6 Å². The second-order valence-electron chi connectivity index (χ2n) is 9.80. The van der Waals surface area contributed by atoms with Crippen LogP contribution in [-0.4, -0.2) is 71.5 Å². The molecule has 3 heterocycles. The van der Waals surface area contributed by atoms with E-state index in [1.807, 2.05) is 37.3 Å². The van der Waals surface area contributed by atoms with Crippen molar-refractivity contribution in [2.75, 3.05) is 39.5 Å². The normalized spacial score (nSPS) is 18.9. The van der Waals surface area contributed by atoms with Crippen LogP contribution in [0, 0.1) is 6.92 Å². The van der Waals surface area contributed by atoms with E-state index in [2.05, 4.69) is 41.2 Å². The van der Waals surface area contributed by atoms with Gasteiger partial charge in [-0.2, -0.15) is 0 Å². The minimum Gasteiger partial charge on any atom is -0.359 e. The molecule has 0 aliphatic carbocycles. The molecule has 2 unspecified atom stereocenters. The molecule has 1 fully saturated rings. The molecular weight excluding hydrogens is 484 g/mol. The van der Waals surface area contributed by atoms with Gasteiger partial charge in [-0.25, -0.2) is 0 Å². The van der Waals surface area contributed by atoms with Gasteiger partial charge in [-0.05, 0) is 76.9 Å². The van der Waals surface area contributed by atoms with Crippen molar-refractivity contribution in [1.29, 1.82) is 0 Å². The number of amides is 1. The van der Waals surface area contributed by atoms with Crippen molar-refractivity contribution in [2.45, 2.75) is 30.0 Å². The third kappa shape index (κ3) is 6.52. The Bertz CT molecular complexity index is 1330. The average Bonchev–Trinajstić information content (AvgIpc) is 3.56. The number of anilines is 1. The molecule has 1 amide bonds. The highest BCUT2D eigenvalue weighted by atomic mass is 32.2. The lowest BCUT2D eigenvalue weighted by Crippen LogP contribution is -2.30. The maximum atomic E-state index is 12.8. The van der Waals surface area contributed by atoms with Crippen LogP contribution < -0.4 is 5.32 Å². The summed E-state index contributed by atoms with van der Waals surface area (Å²) in [4.78, 5) is 32.2. The number of carbonyl (C=O) groups is 2. The molecule has 2 aliphatic heterocycles. The van der Waals surface area contributed by atoms with Gasteiger partial charge in [0, 0.05) is 45.7 Å². The van der Waals surface area contributed by atoms with E-state index in [0.29, 0.717) is 38.7 Å². The molecule has 2 aromatic carbocycles. The van der Waals surface area contributed by atoms with Gasteiger partial charge in [0.15, 0.2) is 6.29 Å². The van der Waals surface area contributed by atoms with Crippen molar-refractivity contribution in [1.82, 2.24) is 14.8 Å². The lowest BCUT2D eigenvalue weighted by atomic mass is 10.1. The summed E-state index contributed by atoms with van der Waals surface area (Å²) < 4.78 is 12.8. The molecular formula is C29H34N4O3S. The van der Waals surface area contributed by atoms with Crippen molar-refractivity contribution in [3.8, 4) is 0 Å². The number of rotatable bonds is 6. The molecule has 37 heavy (non-hydrogen) atoms. The van der Waals surface area contributed by atoms with E-state index in [1.54, 1.807) is 30.3 Å². The molecule has 0 radical (unpaired) electrons. The minimum absolute atomic E-state index is 0.245. The highest BCUT2D eigenvalue weighted by Gasteiger charge is 2.26. The Morgan fingerprint density at radius 2 is 1.89 bits per heavy atom. The van der Waals surface area contributed by atoms with Crippen LogP contribution in [0.15, 0.2) is 59.5 Å². The third-order valence-corrected chi connectivity index (χ3v) is 8.08. The molecule has 2 atom stereocenters. The van der Waals surface area contributed by atoms with Gasteiger partial charge in [0.25, 0.3) is 5.91 Å². The smallest absolute Gasteiger partial charge is 0.256 e. The van der Waals surface area contributed by atoms with Crippen LogP contribution >= 0.6 is 0 Å². The molecule has 8 heteroatoms. The van der Waals surface area contributed by atoms with E-state index < -0.39 is 10.8 Å². The third-order valence-electron chi connectivity index (χ3n) is 6.70. The van der Waals surface area contributed by atoms with E-state index in [0.717, 1.165) is 23.6 Å². The zero-order valence-corrected chi connectivity index (χ0v) is 22.6. The fourth-order valence-corrected chi connectivity index (χ4v) is 5.72. The second kappa shape index (κ2) is 11.8. The Labute approximate surface area is 221 Å². The van der Waals surface area contributed by atoms with Crippen LogP contribution in [0.4, 0.5) is 5.69 Å². The minimum atomic E-state index is -1.23. The summed E-state index contributed by atoms with van der Waals surface area (Å²) in [6.07, 6.45) is 3.76. The Morgan fingerprint density at radius 3 is 2.51 bits per heavy atom. The summed E-state index contributed by atoms with van der Waals surface area (Å²) in [7, 11) is 5.27. The van der Waals surface area contributed by atoms with E-state index in [4.69, 9.17) is 0 Å². The van der Waals surface area contributed by atoms with Crippen molar-refractivity contribution in [3.63, 3.8) is 0 Å². The number of aldehydes is 1. The second-order valence-corrected chi connectivity index (χ2v) is 11.3. The molecule has 194 valence electrons. The van der Waals surface area contributed by atoms with Crippen LogP contribution in [-0.2, 0) is 21.3 Å². The number of benzene rings is 2. The van der Waals surface area contributed by atoms with Crippen LogP contribution in [0.2, 0.25) is 0 Å². The first kappa shape index (κ1) is 26.7. The van der Waals surface area contributed by atoms with Crippen LogP contribution in [0.1, 0.15) is 39.3 Å². The number of likely N-dealkylation sites (tertiary alicyclic amines) is 1. The number of hydrogen-bond donors (Lipinski definition) is 2. The van der Waals surface area contributed by atoms with Gasteiger partial charge in [0.2, 0.25) is 0 Å². The van der Waals surface area contributed by atoms with Crippen LogP contribution in [0.3, 0.4) is 0 Å². The molecule has 1 aromatic heterocycles. The molecule has 0 saturated carbocycles. The summed E-state index contributed by atoms with van der Waals surface area (Å²) in [5, 5.41) is 2.82. The molecule has 2 N–H and O–H groups in total. The predicted octanol–water partition coefficient (Wildman–Crippen LogP) is 4.19. The van der Waals surface area contributed by atoms with Gasteiger partial charge >= 0.3 is 0 Å². The maximum Gasteiger partial charge on any atom is 0.256 e. The van der Waals surface area contributed by atoms with Gasteiger partial charge in [0.1, 0.15) is 0 Å². The van der Waals surface area contributed by atoms with E-state index in [-0.39, 0.29) is 5.91 Å². The molecule has 0 spiro atoms. The zero-order chi connectivity index (χ0) is 26.5. The first-order chi connectivity index (χ1) is 17.7. The van der Waals surface area contributed by atoms with Gasteiger partial charge < -0.3 is 20.1 Å². The van der Waals surface area contributed by atoms with Crippen molar-refractivity contribution in [2.24, 2.45) is 0 Å². The van der Waals surface area contributed by atoms with Gasteiger partial charge in [-0.3, -0.25) is 13.8 Å². The fraction of sp³-hybridized carbons (Fsp3) is 0.310. The molecule has 5 rings (SSSR count). The molecule has 7 nitrogen and oxygen atoms in total. The van der Waals surface area contributed by atoms with Gasteiger partial charge in [-0.15, -0.1) is 0 Å². The Kier molecular flexibility index (Phi) is 8.53. The predicted molar refractivity (Wildman–Crippen MR) is 150 cm³/mol. The van der Waals surface area contributed by atoms with E-state index in [1.165, 1.54) is 19.5 Å².